The fraction of sp³-hybridized carbons (Fsp3) is 0. The van der Waals surface area contributed by atoms with Crippen LogP contribution in [0.5, 0.6) is 0 Å². The van der Waals surface area contributed by atoms with Crippen LogP contribution in [-0.4, -0.2) is 6.03 Å². The predicted octanol–water partition coefficient (Wildman–Crippen LogP) is 4.85. The summed E-state index contributed by atoms with van der Waals surface area (Å²) in [6, 6.07) is 15.1. The summed E-state index contributed by atoms with van der Waals surface area (Å²) in [5.41, 5.74) is 1.76. The van der Waals surface area contributed by atoms with Gasteiger partial charge in [0.25, 0.3) is 0 Å². The number of halogens is 2. The SMILES string of the molecule is O=C(N/C=C/c1ccccc1Br)Nc1ccc(I)cc1. The van der Waals surface area contributed by atoms with Gasteiger partial charge >= 0.3 is 6.03 Å². The highest BCUT2D eigenvalue weighted by Crippen LogP contribution is 2.16. The zero-order chi connectivity index (χ0) is 14.4. The van der Waals surface area contributed by atoms with Gasteiger partial charge in [-0.3, -0.25) is 0 Å². The highest BCUT2D eigenvalue weighted by Gasteiger charge is 1.99. The highest BCUT2D eigenvalue weighted by atomic mass is 127. The average Bonchev–Trinajstić information content (AvgIpc) is 2.43. The fourth-order valence-electron chi connectivity index (χ4n) is 1.52. The topological polar surface area (TPSA) is 41.1 Å². The van der Waals surface area contributed by atoms with Crippen molar-refractivity contribution in [2.45, 2.75) is 0 Å². The average molecular weight is 443 g/mol. The van der Waals surface area contributed by atoms with E-state index in [0.29, 0.717) is 0 Å². The summed E-state index contributed by atoms with van der Waals surface area (Å²) in [6.45, 7) is 0. The largest absolute Gasteiger partial charge is 0.323 e. The number of nitrogens with one attached hydrogen (secondary N) is 2. The maximum atomic E-state index is 11.7. The van der Waals surface area contributed by atoms with E-state index in [0.717, 1.165) is 19.3 Å². The summed E-state index contributed by atoms with van der Waals surface area (Å²) in [6.07, 6.45) is 3.44. The Hall–Kier alpha value is -1.34. The van der Waals surface area contributed by atoms with Crippen LogP contribution in [0.4, 0.5) is 10.5 Å². The number of anilines is 1. The number of hydrogen-bond acceptors (Lipinski definition) is 1. The molecule has 2 aromatic rings. The molecule has 2 N–H and O–H groups in total. The van der Waals surface area contributed by atoms with Crippen molar-refractivity contribution in [2.75, 3.05) is 5.32 Å². The van der Waals surface area contributed by atoms with Gasteiger partial charge in [-0.1, -0.05) is 34.1 Å². The molecule has 2 aromatic carbocycles. The Morgan fingerprint density at radius 2 is 1.80 bits per heavy atom. The van der Waals surface area contributed by atoms with Gasteiger partial charge in [-0.05, 0) is 64.6 Å². The molecule has 0 radical (unpaired) electrons. The lowest BCUT2D eigenvalue weighted by Gasteiger charge is -2.04. The molecule has 0 spiro atoms. The molecule has 0 unspecified atom stereocenters. The molecule has 0 aliphatic heterocycles. The number of carbonyl (C=O) groups excluding carboxylic acids is 1. The predicted molar refractivity (Wildman–Crippen MR) is 94.5 cm³/mol. The summed E-state index contributed by atoms with van der Waals surface area (Å²) >= 11 is 5.66. The quantitative estimate of drug-likeness (QED) is 0.655. The van der Waals surface area contributed by atoms with E-state index in [4.69, 9.17) is 0 Å². The monoisotopic (exact) mass is 442 g/mol. The van der Waals surface area contributed by atoms with E-state index in [1.807, 2.05) is 54.6 Å². The van der Waals surface area contributed by atoms with E-state index in [2.05, 4.69) is 49.2 Å². The van der Waals surface area contributed by atoms with E-state index >= 15 is 0 Å². The van der Waals surface area contributed by atoms with Crippen molar-refractivity contribution in [1.29, 1.82) is 0 Å². The van der Waals surface area contributed by atoms with E-state index in [1.54, 1.807) is 6.20 Å². The Morgan fingerprint density at radius 3 is 2.50 bits per heavy atom. The Morgan fingerprint density at radius 1 is 1.10 bits per heavy atom. The molecule has 0 heterocycles. The second-order valence-electron chi connectivity index (χ2n) is 3.96. The highest BCUT2D eigenvalue weighted by molar-refractivity contribution is 14.1. The Balaban J connectivity index is 1.89. The van der Waals surface area contributed by atoms with Gasteiger partial charge in [-0.25, -0.2) is 4.79 Å². The Kier molecular flexibility index (Phi) is 5.60. The van der Waals surface area contributed by atoms with Gasteiger partial charge in [0.15, 0.2) is 0 Å². The lowest BCUT2D eigenvalue weighted by molar-refractivity contribution is 0.255. The Labute approximate surface area is 139 Å². The summed E-state index contributed by atoms with van der Waals surface area (Å²) < 4.78 is 2.11. The zero-order valence-corrected chi connectivity index (χ0v) is 14.2. The van der Waals surface area contributed by atoms with Crippen LogP contribution in [0.15, 0.2) is 59.2 Å². The molecule has 0 aromatic heterocycles. The second kappa shape index (κ2) is 7.44. The van der Waals surface area contributed by atoms with Crippen LogP contribution < -0.4 is 10.6 Å². The minimum Gasteiger partial charge on any atom is -0.314 e. The first-order chi connectivity index (χ1) is 9.65. The maximum Gasteiger partial charge on any atom is 0.323 e. The molecule has 102 valence electrons. The lowest BCUT2D eigenvalue weighted by Crippen LogP contribution is -2.23. The molecule has 0 atom stereocenters. The van der Waals surface area contributed by atoms with Crippen molar-refractivity contribution in [1.82, 2.24) is 5.32 Å². The zero-order valence-electron chi connectivity index (χ0n) is 10.4. The van der Waals surface area contributed by atoms with Crippen LogP contribution in [0.3, 0.4) is 0 Å². The summed E-state index contributed by atoms with van der Waals surface area (Å²) in [5.74, 6) is 0. The van der Waals surface area contributed by atoms with Crippen molar-refractivity contribution >= 4 is 56.3 Å². The molecular formula is C15H12BrIN2O. The molecule has 5 heteroatoms. The van der Waals surface area contributed by atoms with E-state index in [-0.39, 0.29) is 6.03 Å². The minimum absolute atomic E-state index is 0.269. The standard InChI is InChI=1S/C15H12BrIN2O/c16-14-4-2-1-3-11(14)9-10-18-15(20)19-13-7-5-12(17)6-8-13/h1-10H,(H2,18,19,20)/b10-9+. The van der Waals surface area contributed by atoms with E-state index in [1.165, 1.54) is 0 Å². The smallest absolute Gasteiger partial charge is 0.314 e. The molecular weight excluding hydrogens is 431 g/mol. The number of benzene rings is 2. The van der Waals surface area contributed by atoms with Crippen LogP contribution in [-0.2, 0) is 0 Å². The van der Waals surface area contributed by atoms with Crippen molar-refractivity contribution in [3.05, 3.63) is 68.3 Å². The van der Waals surface area contributed by atoms with Crippen molar-refractivity contribution in [2.24, 2.45) is 0 Å². The number of rotatable bonds is 3. The number of amides is 2. The molecule has 0 aliphatic carbocycles. The van der Waals surface area contributed by atoms with Crippen LogP contribution >= 0.6 is 38.5 Å². The maximum absolute atomic E-state index is 11.7. The second-order valence-corrected chi connectivity index (χ2v) is 6.06. The van der Waals surface area contributed by atoms with Gasteiger partial charge in [-0.2, -0.15) is 0 Å². The fourth-order valence-corrected chi connectivity index (χ4v) is 2.29. The van der Waals surface area contributed by atoms with Gasteiger partial charge in [0.05, 0.1) is 0 Å². The molecule has 0 fully saturated rings. The van der Waals surface area contributed by atoms with Gasteiger partial charge in [-0.15, -0.1) is 0 Å². The van der Waals surface area contributed by atoms with Crippen LogP contribution in [0, 0.1) is 3.57 Å². The lowest BCUT2D eigenvalue weighted by atomic mass is 10.2. The van der Waals surface area contributed by atoms with Gasteiger partial charge < -0.3 is 10.6 Å². The molecule has 0 saturated heterocycles. The van der Waals surface area contributed by atoms with Crippen molar-refractivity contribution in [3.63, 3.8) is 0 Å². The van der Waals surface area contributed by atoms with E-state index < -0.39 is 0 Å². The number of urea groups is 1. The molecule has 3 nitrogen and oxygen atoms in total. The first kappa shape index (κ1) is 15.1. The van der Waals surface area contributed by atoms with Gasteiger partial charge in [0.1, 0.15) is 0 Å². The summed E-state index contributed by atoms with van der Waals surface area (Å²) in [7, 11) is 0. The first-order valence-electron chi connectivity index (χ1n) is 5.89. The summed E-state index contributed by atoms with van der Waals surface area (Å²) in [4.78, 5) is 11.7. The normalized spacial score (nSPS) is 10.5. The molecule has 20 heavy (non-hydrogen) atoms. The van der Waals surface area contributed by atoms with E-state index in [9.17, 15) is 4.79 Å². The summed E-state index contributed by atoms with van der Waals surface area (Å²) in [5, 5.41) is 5.42. The molecule has 2 amide bonds. The van der Waals surface area contributed by atoms with Crippen molar-refractivity contribution < 1.29 is 4.79 Å². The third kappa shape index (κ3) is 4.64. The van der Waals surface area contributed by atoms with Crippen LogP contribution in [0.1, 0.15) is 5.56 Å². The van der Waals surface area contributed by atoms with Crippen molar-refractivity contribution in [3.8, 4) is 0 Å². The third-order valence-electron chi connectivity index (χ3n) is 2.48. The Bertz CT molecular complexity index is 626. The van der Waals surface area contributed by atoms with Gasteiger partial charge in [0, 0.05) is 19.9 Å². The molecule has 0 aliphatic rings. The van der Waals surface area contributed by atoms with Crippen LogP contribution in [0.25, 0.3) is 6.08 Å². The number of carbonyl (C=O) groups is 1. The minimum atomic E-state index is -0.269. The first-order valence-corrected chi connectivity index (χ1v) is 7.76. The number of hydrogen-bond donors (Lipinski definition) is 2. The molecule has 2 rings (SSSR count). The molecule has 0 saturated carbocycles. The van der Waals surface area contributed by atoms with Crippen LogP contribution in [0.2, 0.25) is 0 Å². The molecule has 0 bridgehead atoms. The van der Waals surface area contributed by atoms with Gasteiger partial charge in [0.2, 0.25) is 0 Å². The third-order valence-corrected chi connectivity index (χ3v) is 3.93.